The molecule has 5 rings (SSSR count). The van der Waals surface area contributed by atoms with Crippen LogP contribution >= 0.6 is 0 Å². The number of aromatic nitrogens is 1. The molecular formula is C34H36N6O. The van der Waals surface area contributed by atoms with E-state index in [2.05, 4.69) is 64.4 Å². The number of hydrogen-bond donors (Lipinski definition) is 1. The smallest absolute Gasteiger partial charge is 0.255 e. The number of carbonyl (C=O) groups is 1. The van der Waals surface area contributed by atoms with Gasteiger partial charge in [-0.05, 0) is 78.1 Å². The molecule has 0 saturated carbocycles. The Balaban J connectivity index is 1.21. The van der Waals surface area contributed by atoms with E-state index in [0.717, 1.165) is 61.7 Å². The molecule has 0 atom stereocenters. The first-order valence-corrected chi connectivity index (χ1v) is 14.0. The Kier molecular flexibility index (Phi) is 8.61. The van der Waals surface area contributed by atoms with E-state index in [9.17, 15) is 4.79 Å². The van der Waals surface area contributed by atoms with Gasteiger partial charge < -0.3 is 15.1 Å². The Bertz CT molecular complexity index is 1540. The maximum Gasteiger partial charge on any atom is 0.255 e. The zero-order valence-electron chi connectivity index (χ0n) is 24.0. The van der Waals surface area contributed by atoms with Crippen molar-refractivity contribution >= 4 is 23.1 Å². The molecule has 1 aromatic heterocycles. The van der Waals surface area contributed by atoms with Crippen LogP contribution in [0, 0.1) is 18.3 Å². The van der Waals surface area contributed by atoms with E-state index in [4.69, 9.17) is 10.2 Å². The molecule has 0 unspecified atom stereocenters. The van der Waals surface area contributed by atoms with Gasteiger partial charge in [-0.1, -0.05) is 36.4 Å². The van der Waals surface area contributed by atoms with Gasteiger partial charge in [-0.15, -0.1) is 0 Å². The molecule has 0 aliphatic carbocycles. The summed E-state index contributed by atoms with van der Waals surface area (Å²) >= 11 is 0. The summed E-state index contributed by atoms with van der Waals surface area (Å²) in [5.41, 5.74) is 7.47. The van der Waals surface area contributed by atoms with Crippen molar-refractivity contribution in [2.75, 3.05) is 55.4 Å². The Morgan fingerprint density at radius 1 is 0.976 bits per heavy atom. The number of benzene rings is 3. The number of aryl methyl sites for hydroxylation is 1. The maximum atomic E-state index is 13.1. The van der Waals surface area contributed by atoms with E-state index in [1.54, 1.807) is 18.3 Å². The average Bonchev–Trinajstić information content (AvgIpc) is 3.23. The van der Waals surface area contributed by atoms with Gasteiger partial charge in [0.1, 0.15) is 5.82 Å². The van der Waals surface area contributed by atoms with Crippen molar-refractivity contribution < 1.29 is 4.79 Å². The van der Waals surface area contributed by atoms with Gasteiger partial charge in [0.15, 0.2) is 0 Å². The molecule has 41 heavy (non-hydrogen) atoms. The van der Waals surface area contributed by atoms with Gasteiger partial charge in [-0.25, -0.2) is 4.98 Å². The first-order valence-electron chi connectivity index (χ1n) is 14.0. The number of anilines is 3. The second kappa shape index (κ2) is 12.7. The fraction of sp³-hybridized carbons (Fsp3) is 0.265. The lowest BCUT2D eigenvalue weighted by atomic mass is 9.97. The number of para-hydroxylation sites is 1. The zero-order chi connectivity index (χ0) is 28.8. The van der Waals surface area contributed by atoms with E-state index in [1.807, 2.05) is 49.4 Å². The van der Waals surface area contributed by atoms with Crippen LogP contribution in [0.4, 0.5) is 17.2 Å². The van der Waals surface area contributed by atoms with Crippen molar-refractivity contribution in [1.82, 2.24) is 9.88 Å². The number of pyridine rings is 1. The topological polar surface area (TPSA) is 75.5 Å². The summed E-state index contributed by atoms with van der Waals surface area (Å²) in [7, 11) is 4.19. The molecule has 1 aliphatic heterocycles. The molecule has 208 valence electrons. The lowest BCUT2D eigenvalue weighted by molar-refractivity contribution is 0.102. The monoisotopic (exact) mass is 544 g/mol. The van der Waals surface area contributed by atoms with E-state index in [-0.39, 0.29) is 5.91 Å². The van der Waals surface area contributed by atoms with Crippen molar-refractivity contribution in [3.05, 3.63) is 107 Å². The Hall–Kier alpha value is -4.67. The molecule has 3 aromatic carbocycles. The Labute approximate surface area is 242 Å². The first-order chi connectivity index (χ1) is 19.9. The maximum absolute atomic E-state index is 13.1. The zero-order valence-corrected chi connectivity index (χ0v) is 24.0. The lowest BCUT2D eigenvalue weighted by Gasteiger charge is -2.25. The normalized spacial score (nSPS) is 13.8. The molecule has 1 aliphatic rings. The van der Waals surface area contributed by atoms with Gasteiger partial charge in [0.2, 0.25) is 0 Å². The predicted octanol–water partition coefficient (Wildman–Crippen LogP) is 5.96. The highest BCUT2D eigenvalue weighted by Crippen LogP contribution is 2.26. The number of amides is 1. The first kappa shape index (κ1) is 27.9. The number of rotatable bonds is 7. The highest BCUT2D eigenvalue weighted by Gasteiger charge is 2.18. The molecular weight excluding hydrogens is 508 g/mol. The summed E-state index contributed by atoms with van der Waals surface area (Å²) in [5.74, 6) is 0.745. The molecule has 1 fully saturated rings. The van der Waals surface area contributed by atoms with Gasteiger partial charge in [-0.3, -0.25) is 9.69 Å². The highest BCUT2D eigenvalue weighted by molar-refractivity contribution is 6.05. The molecule has 1 saturated heterocycles. The van der Waals surface area contributed by atoms with E-state index in [1.165, 1.54) is 11.3 Å². The minimum Gasteiger partial charge on any atom is -0.377 e. The Morgan fingerprint density at radius 2 is 1.78 bits per heavy atom. The number of nitrogens with one attached hydrogen (secondary N) is 1. The van der Waals surface area contributed by atoms with Crippen molar-refractivity contribution in [2.24, 2.45) is 0 Å². The minimum absolute atomic E-state index is 0.183. The molecule has 2 heterocycles. The van der Waals surface area contributed by atoms with Crippen molar-refractivity contribution in [2.45, 2.75) is 19.9 Å². The van der Waals surface area contributed by atoms with Crippen molar-refractivity contribution in [3.8, 4) is 17.2 Å². The standard InChI is InChI=1S/C34H36N6O/c1-25-9-12-28(21-31(25)27-13-10-26(22-35)11-14-27)34(41)37-30-15-16-33(36-23-30)40-18-6-17-39(19-20-40)24-29-7-4-5-8-32(29)38(2)3/h4-5,7-16,21,23H,6,17-20,24H2,1-3H3,(H,37,41). The van der Waals surface area contributed by atoms with Crippen LogP contribution in [-0.4, -0.2) is 56.1 Å². The largest absolute Gasteiger partial charge is 0.377 e. The van der Waals surface area contributed by atoms with Crippen LogP contribution in [0.3, 0.4) is 0 Å². The van der Waals surface area contributed by atoms with Gasteiger partial charge in [0.25, 0.3) is 5.91 Å². The van der Waals surface area contributed by atoms with Crippen LogP contribution in [0.2, 0.25) is 0 Å². The SMILES string of the molecule is Cc1ccc(C(=O)Nc2ccc(N3CCCN(Cc4ccccc4N(C)C)CC3)nc2)cc1-c1ccc(C#N)cc1. The molecule has 1 N–H and O–H groups in total. The fourth-order valence-electron chi connectivity index (χ4n) is 5.33. The second-order valence-corrected chi connectivity index (χ2v) is 10.7. The van der Waals surface area contributed by atoms with Gasteiger partial charge in [0, 0.05) is 58.1 Å². The van der Waals surface area contributed by atoms with Crippen LogP contribution in [0.25, 0.3) is 11.1 Å². The summed E-state index contributed by atoms with van der Waals surface area (Å²) in [5, 5.41) is 12.1. The third kappa shape index (κ3) is 6.74. The van der Waals surface area contributed by atoms with E-state index < -0.39 is 0 Å². The molecule has 1 amide bonds. The lowest BCUT2D eigenvalue weighted by Crippen LogP contribution is -2.31. The number of carbonyl (C=O) groups excluding carboxylic acids is 1. The fourth-order valence-corrected chi connectivity index (χ4v) is 5.33. The average molecular weight is 545 g/mol. The van der Waals surface area contributed by atoms with Crippen LogP contribution in [-0.2, 0) is 6.54 Å². The van der Waals surface area contributed by atoms with Crippen molar-refractivity contribution in [1.29, 1.82) is 5.26 Å². The Morgan fingerprint density at radius 3 is 2.51 bits per heavy atom. The van der Waals surface area contributed by atoms with Crippen molar-refractivity contribution in [3.63, 3.8) is 0 Å². The third-order valence-corrected chi connectivity index (χ3v) is 7.61. The quantitative estimate of drug-likeness (QED) is 0.310. The molecule has 7 nitrogen and oxygen atoms in total. The third-order valence-electron chi connectivity index (χ3n) is 7.61. The summed E-state index contributed by atoms with van der Waals surface area (Å²) in [6.45, 7) is 6.83. The van der Waals surface area contributed by atoms with Gasteiger partial charge in [0.05, 0.1) is 23.5 Å². The number of nitrogens with zero attached hydrogens (tertiary/aromatic N) is 5. The summed E-state index contributed by atoms with van der Waals surface area (Å²) < 4.78 is 0. The van der Waals surface area contributed by atoms with Gasteiger partial charge in [-0.2, -0.15) is 5.26 Å². The highest BCUT2D eigenvalue weighted by atomic mass is 16.1. The van der Waals surface area contributed by atoms with E-state index >= 15 is 0 Å². The predicted molar refractivity (Wildman–Crippen MR) is 166 cm³/mol. The number of hydrogen-bond acceptors (Lipinski definition) is 6. The summed E-state index contributed by atoms with van der Waals surface area (Å²) in [4.78, 5) is 24.8. The number of nitriles is 1. The molecule has 7 heteroatoms. The molecule has 4 aromatic rings. The van der Waals surface area contributed by atoms with Crippen LogP contribution in [0.1, 0.15) is 33.5 Å². The summed E-state index contributed by atoms with van der Waals surface area (Å²) in [6.07, 6.45) is 2.80. The van der Waals surface area contributed by atoms with Gasteiger partial charge >= 0.3 is 0 Å². The van der Waals surface area contributed by atoms with Crippen LogP contribution < -0.4 is 15.1 Å². The summed E-state index contributed by atoms with van der Waals surface area (Å²) in [6, 6.07) is 27.8. The van der Waals surface area contributed by atoms with Crippen LogP contribution in [0.15, 0.2) is 85.1 Å². The molecule has 0 radical (unpaired) electrons. The minimum atomic E-state index is -0.183. The molecule has 0 spiro atoms. The molecule has 0 bridgehead atoms. The van der Waals surface area contributed by atoms with E-state index in [0.29, 0.717) is 16.8 Å². The van der Waals surface area contributed by atoms with Crippen LogP contribution in [0.5, 0.6) is 0 Å². The second-order valence-electron chi connectivity index (χ2n) is 10.7.